The van der Waals surface area contributed by atoms with E-state index in [2.05, 4.69) is 10.2 Å². The molecule has 0 aliphatic carbocycles. The first-order valence-corrected chi connectivity index (χ1v) is 4.44. The Bertz CT molecular complexity index is 441. The first kappa shape index (κ1) is 9.02. The van der Waals surface area contributed by atoms with Crippen molar-refractivity contribution in [3.05, 3.63) is 40.7 Å². The highest BCUT2D eigenvalue weighted by molar-refractivity contribution is 6.30. The van der Waals surface area contributed by atoms with E-state index in [4.69, 9.17) is 21.8 Å². The number of benzene rings is 1. The summed E-state index contributed by atoms with van der Waals surface area (Å²) in [4.78, 5) is 0. The minimum atomic E-state index is 0.0852. The Kier molecular flexibility index (Phi) is 2.37. The molecule has 1 heterocycles. The molecule has 0 unspecified atom stereocenters. The van der Waals surface area contributed by atoms with Gasteiger partial charge in [-0.25, -0.2) is 0 Å². The average molecular weight is 210 g/mol. The van der Waals surface area contributed by atoms with E-state index in [1.807, 2.05) is 24.3 Å². The summed E-state index contributed by atoms with van der Waals surface area (Å²) in [6.45, 7) is 0. The lowest BCUT2D eigenvalue weighted by atomic mass is 10.1. The lowest BCUT2D eigenvalue weighted by Gasteiger charge is -1.96. The van der Waals surface area contributed by atoms with Gasteiger partial charge in [0, 0.05) is 5.02 Å². The lowest BCUT2D eigenvalue weighted by molar-refractivity contribution is 0.522. The number of aromatic nitrogens is 2. The van der Waals surface area contributed by atoms with E-state index in [0.717, 1.165) is 5.56 Å². The molecule has 2 aromatic rings. The summed E-state index contributed by atoms with van der Waals surface area (Å²) < 4.78 is 5.04. The van der Waals surface area contributed by atoms with Crippen LogP contribution < -0.4 is 5.73 Å². The van der Waals surface area contributed by atoms with E-state index in [1.165, 1.54) is 0 Å². The van der Waals surface area contributed by atoms with E-state index in [0.29, 0.717) is 17.3 Å². The fourth-order valence-corrected chi connectivity index (χ4v) is 1.37. The highest BCUT2D eigenvalue weighted by Crippen LogP contribution is 2.14. The molecule has 0 saturated carbocycles. The molecule has 0 aliphatic rings. The van der Waals surface area contributed by atoms with Gasteiger partial charge in [-0.2, -0.15) is 0 Å². The molecular formula is C9H8ClN3O. The molecule has 0 fully saturated rings. The molecule has 0 spiro atoms. The molecule has 14 heavy (non-hydrogen) atoms. The molecule has 4 nitrogen and oxygen atoms in total. The Morgan fingerprint density at radius 1 is 1.36 bits per heavy atom. The van der Waals surface area contributed by atoms with Gasteiger partial charge in [-0.05, 0) is 17.7 Å². The summed E-state index contributed by atoms with van der Waals surface area (Å²) in [5.74, 6) is 0.491. The first-order valence-electron chi connectivity index (χ1n) is 4.06. The summed E-state index contributed by atoms with van der Waals surface area (Å²) in [5.41, 5.74) is 6.31. The van der Waals surface area contributed by atoms with Gasteiger partial charge in [0.1, 0.15) is 0 Å². The Morgan fingerprint density at radius 2 is 2.21 bits per heavy atom. The lowest BCUT2D eigenvalue weighted by Crippen LogP contribution is -1.87. The SMILES string of the molecule is Nc1nnc(Cc2cccc(Cl)c2)o1. The van der Waals surface area contributed by atoms with Crippen LogP contribution in [0.2, 0.25) is 5.02 Å². The van der Waals surface area contributed by atoms with E-state index >= 15 is 0 Å². The Morgan fingerprint density at radius 3 is 2.86 bits per heavy atom. The van der Waals surface area contributed by atoms with Crippen LogP contribution in [0.25, 0.3) is 0 Å². The second-order valence-corrected chi connectivity index (χ2v) is 3.28. The molecule has 0 aliphatic heterocycles. The average Bonchev–Trinajstić information content (AvgIpc) is 2.51. The van der Waals surface area contributed by atoms with Gasteiger partial charge in [-0.1, -0.05) is 28.8 Å². The number of halogens is 1. The van der Waals surface area contributed by atoms with Crippen LogP contribution in [0, 0.1) is 0 Å². The number of nitrogens with two attached hydrogens (primary N) is 1. The van der Waals surface area contributed by atoms with Crippen LogP contribution in [-0.2, 0) is 6.42 Å². The predicted octanol–water partition coefficient (Wildman–Crippen LogP) is 1.90. The largest absolute Gasteiger partial charge is 0.408 e. The zero-order chi connectivity index (χ0) is 9.97. The molecule has 0 saturated heterocycles. The Balaban J connectivity index is 2.18. The maximum Gasteiger partial charge on any atom is 0.312 e. The monoisotopic (exact) mass is 209 g/mol. The molecular weight excluding hydrogens is 202 g/mol. The first-order chi connectivity index (χ1) is 6.74. The third kappa shape index (κ3) is 2.03. The van der Waals surface area contributed by atoms with Crippen molar-refractivity contribution < 1.29 is 4.42 Å². The van der Waals surface area contributed by atoms with Gasteiger partial charge in [0.25, 0.3) is 0 Å². The van der Waals surface area contributed by atoms with Crippen molar-refractivity contribution in [1.29, 1.82) is 0 Å². The van der Waals surface area contributed by atoms with Crippen LogP contribution in [0.5, 0.6) is 0 Å². The number of nitrogen functional groups attached to an aromatic ring is 1. The minimum absolute atomic E-state index is 0.0852. The summed E-state index contributed by atoms with van der Waals surface area (Å²) in [7, 11) is 0. The normalized spacial score (nSPS) is 10.4. The van der Waals surface area contributed by atoms with Crippen LogP contribution in [0.1, 0.15) is 11.5 Å². The van der Waals surface area contributed by atoms with Crippen LogP contribution in [0.15, 0.2) is 28.7 Å². The minimum Gasteiger partial charge on any atom is -0.408 e. The summed E-state index contributed by atoms with van der Waals surface area (Å²) in [5, 5.41) is 8.01. The Hall–Kier alpha value is -1.55. The van der Waals surface area contributed by atoms with Gasteiger partial charge in [-0.3, -0.25) is 0 Å². The summed E-state index contributed by atoms with van der Waals surface area (Å²) in [6, 6.07) is 7.56. The van der Waals surface area contributed by atoms with Gasteiger partial charge >= 0.3 is 6.01 Å². The van der Waals surface area contributed by atoms with Crippen LogP contribution in [-0.4, -0.2) is 10.2 Å². The number of hydrogen-bond acceptors (Lipinski definition) is 4. The quantitative estimate of drug-likeness (QED) is 0.821. The zero-order valence-corrected chi connectivity index (χ0v) is 8.03. The molecule has 72 valence electrons. The fraction of sp³-hybridized carbons (Fsp3) is 0.111. The van der Waals surface area contributed by atoms with Crippen LogP contribution in [0.4, 0.5) is 6.01 Å². The van der Waals surface area contributed by atoms with Gasteiger partial charge in [0.05, 0.1) is 6.42 Å². The molecule has 1 aromatic heterocycles. The Labute approximate surface area is 85.7 Å². The molecule has 0 amide bonds. The predicted molar refractivity (Wildman–Crippen MR) is 53.0 cm³/mol. The van der Waals surface area contributed by atoms with Crippen molar-refractivity contribution in [2.75, 3.05) is 5.73 Å². The highest BCUT2D eigenvalue weighted by Gasteiger charge is 2.03. The second kappa shape index (κ2) is 3.67. The zero-order valence-electron chi connectivity index (χ0n) is 7.27. The number of nitrogens with zero attached hydrogens (tertiary/aromatic N) is 2. The van der Waals surface area contributed by atoms with Crippen LogP contribution >= 0.6 is 11.6 Å². The molecule has 2 N–H and O–H groups in total. The van der Waals surface area contributed by atoms with Crippen LogP contribution in [0.3, 0.4) is 0 Å². The molecule has 5 heteroatoms. The standard InChI is InChI=1S/C9H8ClN3O/c10-7-3-1-2-6(4-7)5-8-12-13-9(11)14-8/h1-4H,5H2,(H2,11,13). The van der Waals surface area contributed by atoms with Gasteiger partial charge in [0.2, 0.25) is 5.89 Å². The highest BCUT2D eigenvalue weighted by atomic mass is 35.5. The van der Waals surface area contributed by atoms with Crippen molar-refractivity contribution in [3.63, 3.8) is 0 Å². The maximum absolute atomic E-state index is 5.82. The van der Waals surface area contributed by atoms with Gasteiger partial charge in [0.15, 0.2) is 0 Å². The number of anilines is 1. The van der Waals surface area contributed by atoms with E-state index < -0.39 is 0 Å². The third-order valence-electron chi connectivity index (χ3n) is 1.73. The maximum atomic E-state index is 5.82. The van der Waals surface area contributed by atoms with Crippen molar-refractivity contribution in [1.82, 2.24) is 10.2 Å². The number of rotatable bonds is 2. The smallest absolute Gasteiger partial charge is 0.312 e. The van der Waals surface area contributed by atoms with Crippen molar-refractivity contribution in [3.8, 4) is 0 Å². The molecule has 0 bridgehead atoms. The fourth-order valence-electron chi connectivity index (χ4n) is 1.16. The van der Waals surface area contributed by atoms with Crippen molar-refractivity contribution in [2.24, 2.45) is 0 Å². The summed E-state index contributed by atoms with van der Waals surface area (Å²) >= 11 is 5.82. The molecule has 0 atom stereocenters. The molecule has 0 radical (unpaired) electrons. The van der Waals surface area contributed by atoms with E-state index in [1.54, 1.807) is 0 Å². The summed E-state index contributed by atoms with van der Waals surface area (Å²) in [6.07, 6.45) is 0.546. The molecule has 2 rings (SSSR count). The van der Waals surface area contributed by atoms with Crippen molar-refractivity contribution >= 4 is 17.6 Å². The van der Waals surface area contributed by atoms with E-state index in [-0.39, 0.29) is 6.01 Å². The van der Waals surface area contributed by atoms with Crippen molar-refractivity contribution in [2.45, 2.75) is 6.42 Å². The van der Waals surface area contributed by atoms with Gasteiger partial charge < -0.3 is 10.2 Å². The number of hydrogen-bond donors (Lipinski definition) is 1. The van der Waals surface area contributed by atoms with E-state index in [9.17, 15) is 0 Å². The second-order valence-electron chi connectivity index (χ2n) is 2.84. The third-order valence-corrected chi connectivity index (χ3v) is 1.96. The topological polar surface area (TPSA) is 64.9 Å². The molecule has 1 aromatic carbocycles. The van der Waals surface area contributed by atoms with Gasteiger partial charge in [-0.15, -0.1) is 5.10 Å².